The van der Waals surface area contributed by atoms with Gasteiger partial charge in [-0.1, -0.05) is 59.6 Å². The third-order valence-electron chi connectivity index (χ3n) is 6.16. The summed E-state index contributed by atoms with van der Waals surface area (Å²) in [4.78, 5) is 15.7. The van der Waals surface area contributed by atoms with Crippen LogP contribution in [0.3, 0.4) is 0 Å². The average Bonchev–Trinajstić information content (AvgIpc) is 3.26. The molecule has 1 atom stereocenters. The first-order chi connectivity index (χ1) is 16.0. The molecule has 0 fully saturated rings. The van der Waals surface area contributed by atoms with Crippen LogP contribution in [0.2, 0.25) is 10.0 Å². The molecule has 1 amide bonds. The summed E-state index contributed by atoms with van der Waals surface area (Å²) in [5.41, 5.74) is 1.92. The van der Waals surface area contributed by atoms with Crippen molar-refractivity contribution in [3.05, 3.63) is 87.9 Å². The molecule has 0 saturated carbocycles. The van der Waals surface area contributed by atoms with E-state index in [2.05, 4.69) is 22.3 Å². The van der Waals surface area contributed by atoms with Crippen LogP contribution >= 0.6 is 23.2 Å². The van der Waals surface area contributed by atoms with Gasteiger partial charge in [0.25, 0.3) is 0 Å². The minimum absolute atomic E-state index is 0.00890. The maximum Gasteiger partial charge on any atom is 0.246 e. The zero-order valence-corrected chi connectivity index (χ0v) is 19.6. The second-order valence-corrected chi connectivity index (χ2v) is 8.91. The highest BCUT2D eigenvalue weighted by atomic mass is 35.5. The summed E-state index contributed by atoms with van der Waals surface area (Å²) < 4.78 is 7.54. The maximum absolute atomic E-state index is 13.9. The lowest BCUT2D eigenvalue weighted by Gasteiger charge is -2.26. The molecular weight excluding hydrogens is 459 g/mol. The fourth-order valence-corrected chi connectivity index (χ4v) is 4.80. The van der Waals surface area contributed by atoms with E-state index in [1.807, 2.05) is 45.9 Å². The summed E-state index contributed by atoms with van der Waals surface area (Å²) in [6.07, 6.45) is 2.72. The van der Waals surface area contributed by atoms with Gasteiger partial charge < -0.3 is 14.2 Å². The highest BCUT2D eigenvalue weighted by Gasteiger charge is 2.32. The molecule has 0 spiro atoms. The molecule has 0 N–H and O–H groups in total. The summed E-state index contributed by atoms with van der Waals surface area (Å²) in [7, 11) is 1.66. The summed E-state index contributed by atoms with van der Waals surface area (Å²) in [5.74, 6) is 1.57. The van der Waals surface area contributed by atoms with Gasteiger partial charge in [0, 0.05) is 31.5 Å². The van der Waals surface area contributed by atoms with E-state index in [4.69, 9.17) is 27.9 Å². The molecule has 0 unspecified atom stereocenters. The van der Waals surface area contributed by atoms with Gasteiger partial charge in [-0.3, -0.25) is 4.79 Å². The van der Waals surface area contributed by atoms with E-state index >= 15 is 0 Å². The highest BCUT2D eigenvalue weighted by Crippen LogP contribution is 2.32. The summed E-state index contributed by atoms with van der Waals surface area (Å²) in [6, 6.07) is 17.1. The Balaban J connectivity index is 1.51. The van der Waals surface area contributed by atoms with Crippen LogP contribution in [0.15, 0.2) is 60.9 Å². The summed E-state index contributed by atoms with van der Waals surface area (Å²) >= 11 is 12.3. The van der Waals surface area contributed by atoms with E-state index in [1.54, 1.807) is 19.5 Å². The van der Waals surface area contributed by atoms with Crippen LogP contribution in [-0.2, 0) is 24.2 Å². The fraction of sp³-hybridized carbons (Fsp3) is 0.240. The predicted octanol–water partition coefficient (Wildman–Crippen LogP) is 5.12. The number of hydrogen-bond acceptors (Lipinski definition) is 4. The van der Waals surface area contributed by atoms with E-state index in [9.17, 15) is 4.79 Å². The molecule has 6 nitrogen and oxygen atoms in total. The van der Waals surface area contributed by atoms with E-state index in [0.717, 1.165) is 33.5 Å². The smallest absolute Gasteiger partial charge is 0.246 e. The first-order valence-electron chi connectivity index (χ1n) is 10.7. The largest absolute Gasteiger partial charge is 0.496 e. The monoisotopic (exact) mass is 480 g/mol. The van der Waals surface area contributed by atoms with E-state index in [0.29, 0.717) is 36.0 Å². The Morgan fingerprint density at radius 1 is 1.09 bits per heavy atom. The van der Waals surface area contributed by atoms with Crippen molar-refractivity contribution in [3.63, 3.8) is 0 Å². The molecule has 0 aliphatic carbocycles. The number of amides is 1. The molecule has 8 heteroatoms. The number of benzene rings is 3. The molecule has 2 heterocycles. The zero-order valence-electron chi connectivity index (χ0n) is 18.0. The molecule has 1 aromatic heterocycles. The van der Waals surface area contributed by atoms with Crippen LogP contribution in [0.5, 0.6) is 5.75 Å². The van der Waals surface area contributed by atoms with Crippen molar-refractivity contribution in [3.8, 4) is 5.75 Å². The molecular formula is C25H22Cl2N4O2. The number of rotatable bonds is 5. The van der Waals surface area contributed by atoms with Gasteiger partial charge in [0.15, 0.2) is 0 Å². The zero-order chi connectivity index (χ0) is 22.9. The fourth-order valence-electron chi connectivity index (χ4n) is 4.47. The van der Waals surface area contributed by atoms with E-state index in [1.165, 1.54) is 0 Å². The van der Waals surface area contributed by atoms with Gasteiger partial charge in [0.1, 0.15) is 23.9 Å². The number of hydrogen-bond donors (Lipinski definition) is 0. The molecule has 1 aliphatic rings. The third kappa shape index (κ3) is 4.16. The predicted molar refractivity (Wildman–Crippen MR) is 129 cm³/mol. The number of methoxy groups -OCH3 is 1. The second-order valence-electron chi connectivity index (χ2n) is 8.10. The number of carbonyl (C=O) groups is 1. The summed E-state index contributed by atoms with van der Waals surface area (Å²) in [5, 5.41) is 11.5. The van der Waals surface area contributed by atoms with Crippen LogP contribution in [0.4, 0.5) is 0 Å². The Hall–Kier alpha value is -3.09. The summed E-state index contributed by atoms with van der Waals surface area (Å²) in [6.45, 7) is 0.987. The van der Waals surface area contributed by atoms with Crippen molar-refractivity contribution < 1.29 is 9.53 Å². The van der Waals surface area contributed by atoms with Crippen LogP contribution < -0.4 is 4.74 Å². The molecule has 5 rings (SSSR count). The lowest BCUT2D eigenvalue weighted by atomic mass is 10.0. The van der Waals surface area contributed by atoms with Crippen molar-refractivity contribution >= 4 is 39.9 Å². The minimum Gasteiger partial charge on any atom is -0.496 e. The Bertz CT molecular complexity index is 1340. The molecule has 4 aromatic rings. The lowest BCUT2D eigenvalue weighted by Crippen LogP contribution is -2.36. The number of halogens is 2. The normalized spacial score (nSPS) is 16.0. The van der Waals surface area contributed by atoms with E-state index in [-0.39, 0.29) is 5.91 Å². The third-order valence-corrected chi connectivity index (χ3v) is 6.90. The minimum atomic E-state index is -0.476. The molecule has 168 valence electrons. The average molecular weight is 481 g/mol. The number of ether oxygens (including phenoxy) is 1. The number of carbonyl (C=O) groups excluding carboxylic acids is 1. The molecule has 33 heavy (non-hydrogen) atoms. The first-order valence-corrected chi connectivity index (χ1v) is 11.5. The maximum atomic E-state index is 13.9. The van der Waals surface area contributed by atoms with Crippen molar-refractivity contribution in [2.24, 2.45) is 0 Å². The number of fused-ring (bicyclic) bond motifs is 2. The second kappa shape index (κ2) is 9.04. The van der Waals surface area contributed by atoms with Gasteiger partial charge in [-0.25, -0.2) is 0 Å². The highest BCUT2D eigenvalue weighted by molar-refractivity contribution is 6.42. The van der Waals surface area contributed by atoms with Crippen LogP contribution in [0.1, 0.15) is 23.0 Å². The molecule has 1 aliphatic heterocycles. The van der Waals surface area contributed by atoms with Crippen LogP contribution in [-0.4, -0.2) is 39.2 Å². The number of aromatic nitrogens is 3. The van der Waals surface area contributed by atoms with Gasteiger partial charge in [-0.05, 0) is 34.5 Å². The van der Waals surface area contributed by atoms with Gasteiger partial charge in [-0.15, -0.1) is 10.2 Å². The van der Waals surface area contributed by atoms with Crippen LogP contribution in [0, 0.1) is 0 Å². The molecule has 0 saturated heterocycles. The lowest BCUT2D eigenvalue weighted by molar-refractivity contribution is -0.134. The Kier molecular flexibility index (Phi) is 5.96. The Morgan fingerprint density at radius 3 is 2.76 bits per heavy atom. The standard InChI is InChI=1S/C25H22Cl2N4O2/c1-33-23-9-7-17-4-2-3-5-18(17)19(23)14-30-11-10-24-29-28-15-31(24)22(25(30)32)13-16-6-8-20(26)21(27)12-16/h2-9,12,15,22H,10-11,13-14H2,1H3/t22-/m0/s1. The van der Waals surface area contributed by atoms with Crippen molar-refractivity contribution in [1.82, 2.24) is 19.7 Å². The quantitative estimate of drug-likeness (QED) is 0.397. The van der Waals surface area contributed by atoms with Crippen molar-refractivity contribution in [2.45, 2.75) is 25.4 Å². The van der Waals surface area contributed by atoms with Crippen molar-refractivity contribution in [1.29, 1.82) is 0 Å². The molecule has 0 bridgehead atoms. The Morgan fingerprint density at radius 2 is 1.94 bits per heavy atom. The SMILES string of the molecule is COc1ccc2ccccc2c1CN1CCc2nncn2[C@@H](Cc2ccc(Cl)c(Cl)c2)C1=O. The molecule has 0 radical (unpaired) electrons. The van der Waals surface area contributed by atoms with Crippen molar-refractivity contribution in [2.75, 3.05) is 13.7 Å². The number of nitrogens with zero attached hydrogens (tertiary/aromatic N) is 4. The first kappa shape index (κ1) is 21.7. The van der Waals surface area contributed by atoms with Crippen LogP contribution in [0.25, 0.3) is 10.8 Å². The van der Waals surface area contributed by atoms with Gasteiger partial charge in [0.2, 0.25) is 5.91 Å². The van der Waals surface area contributed by atoms with Gasteiger partial charge in [-0.2, -0.15) is 0 Å². The Labute approximate surface area is 201 Å². The topological polar surface area (TPSA) is 60.2 Å². The van der Waals surface area contributed by atoms with Gasteiger partial charge >= 0.3 is 0 Å². The van der Waals surface area contributed by atoms with Gasteiger partial charge in [0.05, 0.1) is 17.2 Å². The van der Waals surface area contributed by atoms with E-state index < -0.39 is 6.04 Å². The molecule has 3 aromatic carbocycles.